The van der Waals surface area contributed by atoms with Gasteiger partial charge in [0.2, 0.25) is 21.8 Å². The van der Waals surface area contributed by atoms with E-state index >= 15 is 0 Å². The topological polar surface area (TPSA) is 86.8 Å². The van der Waals surface area contributed by atoms with Gasteiger partial charge in [-0.05, 0) is 55.3 Å². The molecule has 0 heterocycles. The van der Waals surface area contributed by atoms with E-state index in [2.05, 4.69) is 21.2 Å². The number of nitrogens with zero attached hydrogens (tertiary/aromatic N) is 2. The molecule has 10 heteroatoms. The molecule has 0 aliphatic carbocycles. The van der Waals surface area contributed by atoms with Gasteiger partial charge in [0.1, 0.15) is 6.04 Å². The highest BCUT2D eigenvalue weighted by Gasteiger charge is 2.26. The van der Waals surface area contributed by atoms with Crippen molar-refractivity contribution in [1.82, 2.24) is 10.2 Å². The van der Waals surface area contributed by atoms with Gasteiger partial charge in [-0.1, -0.05) is 39.7 Å². The Hall–Kier alpha value is -2.10. The standard InChI is InChI=1S/C22H27BrClN3O4S/c1-16(22(29)25-2)26(15-17-6-8-18(23)9-7-17)21(28)5-4-14-27(32(3,30)31)20-12-10-19(24)11-13-20/h6-13,16H,4-5,14-15H2,1-3H3,(H,25,29)/t16-/m1/s1. The Kier molecular flexibility index (Phi) is 9.54. The van der Waals surface area contributed by atoms with E-state index in [0.717, 1.165) is 16.3 Å². The van der Waals surface area contributed by atoms with Crippen molar-refractivity contribution in [3.63, 3.8) is 0 Å². The van der Waals surface area contributed by atoms with Gasteiger partial charge in [0.15, 0.2) is 0 Å². The van der Waals surface area contributed by atoms with Crippen molar-refractivity contribution >= 4 is 55.1 Å². The molecule has 2 rings (SSSR count). The number of amides is 2. The van der Waals surface area contributed by atoms with Crippen LogP contribution < -0.4 is 9.62 Å². The summed E-state index contributed by atoms with van der Waals surface area (Å²) in [5.74, 6) is -0.497. The zero-order valence-corrected chi connectivity index (χ0v) is 21.4. The fourth-order valence-electron chi connectivity index (χ4n) is 3.19. The zero-order chi connectivity index (χ0) is 23.9. The van der Waals surface area contributed by atoms with Gasteiger partial charge in [-0.25, -0.2) is 8.42 Å². The Balaban J connectivity index is 2.12. The third-order valence-electron chi connectivity index (χ3n) is 4.95. The number of carbonyl (C=O) groups excluding carboxylic acids is 2. The highest BCUT2D eigenvalue weighted by Crippen LogP contribution is 2.21. The predicted octanol–water partition coefficient (Wildman–Crippen LogP) is 3.81. The molecule has 0 unspecified atom stereocenters. The number of rotatable bonds is 10. The van der Waals surface area contributed by atoms with E-state index in [4.69, 9.17) is 11.6 Å². The molecule has 0 saturated heterocycles. The Morgan fingerprint density at radius 2 is 1.69 bits per heavy atom. The van der Waals surface area contributed by atoms with Crippen LogP contribution in [0, 0.1) is 0 Å². The van der Waals surface area contributed by atoms with Gasteiger partial charge in [0.25, 0.3) is 0 Å². The van der Waals surface area contributed by atoms with Crippen LogP contribution in [0.5, 0.6) is 0 Å². The molecule has 7 nitrogen and oxygen atoms in total. The molecular formula is C22H27BrClN3O4S. The normalized spacial score (nSPS) is 12.2. The van der Waals surface area contributed by atoms with E-state index in [1.165, 1.54) is 16.3 Å². The lowest BCUT2D eigenvalue weighted by Gasteiger charge is -2.29. The minimum atomic E-state index is -3.54. The number of hydrogen-bond donors (Lipinski definition) is 1. The van der Waals surface area contributed by atoms with Crippen LogP contribution in [0.25, 0.3) is 0 Å². The molecule has 0 radical (unpaired) electrons. The maximum Gasteiger partial charge on any atom is 0.242 e. The summed E-state index contributed by atoms with van der Waals surface area (Å²) in [5, 5.41) is 3.08. The van der Waals surface area contributed by atoms with Crippen molar-refractivity contribution in [2.24, 2.45) is 0 Å². The number of carbonyl (C=O) groups is 2. The monoisotopic (exact) mass is 543 g/mol. The Bertz CT molecular complexity index is 1030. The van der Waals surface area contributed by atoms with Crippen LogP contribution >= 0.6 is 27.5 Å². The lowest BCUT2D eigenvalue weighted by molar-refractivity contribution is -0.140. The molecule has 2 aromatic carbocycles. The van der Waals surface area contributed by atoms with E-state index in [0.29, 0.717) is 17.1 Å². The molecule has 0 aromatic heterocycles. The maximum absolute atomic E-state index is 13.0. The van der Waals surface area contributed by atoms with Crippen LogP contribution in [-0.2, 0) is 26.2 Å². The van der Waals surface area contributed by atoms with Gasteiger partial charge in [-0.2, -0.15) is 0 Å². The summed E-state index contributed by atoms with van der Waals surface area (Å²) in [5.41, 5.74) is 1.37. The third kappa shape index (κ3) is 7.50. The second-order valence-electron chi connectivity index (χ2n) is 7.35. The van der Waals surface area contributed by atoms with Gasteiger partial charge in [0.05, 0.1) is 11.9 Å². The number of likely N-dealkylation sites (N-methyl/N-ethyl adjacent to an activating group) is 1. The highest BCUT2D eigenvalue weighted by atomic mass is 79.9. The van der Waals surface area contributed by atoms with Gasteiger partial charge in [0, 0.05) is 36.1 Å². The summed E-state index contributed by atoms with van der Waals surface area (Å²) in [6, 6.07) is 13.3. The van der Waals surface area contributed by atoms with Gasteiger partial charge in [-0.3, -0.25) is 13.9 Å². The summed E-state index contributed by atoms with van der Waals surface area (Å²) < 4.78 is 26.7. The summed E-state index contributed by atoms with van der Waals surface area (Å²) in [7, 11) is -2.01. The molecule has 0 bridgehead atoms. The lowest BCUT2D eigenvalue weighted by Crippen LogP contribution is -2.46. The van der Waals surface area contributed by atoms with Gasteiger partial charge >= 0.3 is 0 Å². The lowest BCUT2D eigenvalue weighted by atomic mass is 10.1. The second kappa shape index (κ2) is 11.7. The molecule has 32 heavy (non-hydrogen) atoms. The zero-order valence-electron chi connectivity index (χ0n) is 18.2. The molecule has 0 aliphatic rings. The Morgan fingerprint density at radius 3 is 2.22 bits per heavy atom. The fraction of sp³-hybridized carbons (Fsp3) is 0.364. The van der Waals surface area contributed by atoms with Crippen LogP contribution in [0.2, 0.25) is 5.02 Å². The van der Waals surface area contributed by atoms with Crippen LogP contribution in [-0.4, -0.2) is 51.0 Å². The number of benzene rings is 2. The first kappa shape index (κ1) is 26.2. The number of nitrogens with one attached hydrogen (secondary N) is 1. The third-order valence-corrected chi connectivity index (χ3v) is 6.92. The van der Waals surface area contributed by atoms with Crippen molar-refractivity contribution in [3.05, 3.63) is 63.6 Å². The largest absolute Gasteiger partial charge is 0.357 e. The molecule has 0 saturated carbocycles. The summed E-state index contributed by atoms with van der Waals surface area (Å²) in [6.45, 7) is 2.08. The first-order valence-electron chi connectivity index (χ1n) is 10.0. The Morgan fingerprint density at radius 1 is 1.09 bits per heavy atom. The van der Waals surface area contributed by atoms with Crippen LogP contribution in [0.1, 0.15) is 25.3 Å². The fourth-order valence-corrected chi connectivity index (χ4v) is 4.55. The average Bonchev–Trinajstić information content (AvgIpc) is 2.75. The van der Waals surface area contributed by atoms with Crippen molar-refractivity contribution in [2.75, 3.05) is 24.2 Å². The molecule has 0 spiro atoms. The smallest absolute Gasteiger partial charge is 0.242 e. The first-order valence-corrected chi connectivity index (χ1v) is 13.0. The van der Waals surface area contributed by atoms with Crippen molar-refractivity contribution in [2.45, 2.75) is 32.4 Å². The quantitative estimate of drug-likeness (QED) is 0.493. The van der Waals surface area contributed by atoms with Crippen LogP contribution in [0.3, 0.4) is 0 Å². The highest BCUT2D eigenvalue weighted by molar-refractivity contribution is 9.10. The van der Waals surface area contributed by atoms with E-state index < -0.39 is 16.1 Å². The van der Waals surface area contributed by atoms with Crippen molar-refractivity contribution in [3.8, 4) is 0 Å². The number of hydrogen-bond acceptors (Lipinski definition) is 4. The second-order valence-corrected chi connectivity index (χ2v) is 10.6. The summed E-state index contributed by atoms with van der Waals surface area (Å²) in [4.78, 5) is 26.8. The minimum Gasteiger partial charge on any atom is -0.357 e. The number of anilines is 1. The summed E-state index contributed by atoms with van der Waals surface area (Å²) in [6.07, 6.45) is 1.51. The van der Waals surface area contributed by atoms with Crippen LogP contribution in [0.4, 0.5) is 5.69 Å². The molecule has 2 aromatic rings. The average molecular weight is 545 g/mol. The predicted molar refractivity (Wildman–Crippen MR) is 131 cm³/mol. The molecule has 0 aliphatic heterocycles. The molecular weight excluding hydrogens is 518 g/mol. The molecule has 0 fully saturated rings. The Labute approximate surface area is 202 Å². The van der Waals surface area contributed by atoms with Crippen molar-refractivity contribution in [1.29, 1.82) is 0 Å². The molecule has 1 N–H and O–H groups in total. The van der Waals surface area contributed by atoms with E-state index in [1.54, 1.807) is 31.2 Å². The minimum absolute atomic E-state index is 0.0947. The van der Waals surface area contributed by atoms with Gasteiger partial charge < -0.3 is 10.2 Å². The molecule has 1 atom stereocenters. The first-order chi connectivity index (χ1) is 15.0. The van der Waals surface area contributed by atoms with Crippen LogP contribution in [0.15, 0.2) is 53.0 Å². The van der Waals surface area contributed by atoms with Crippen molar-refractivity contribution < 1.29 is 18.0 Å². The van der Waals surface area contributed by atoms with E-state index in [1.807, 2.05) is 24.3 Å². The molecule has 2 amide bonds. The molecule has 174 valence electrons. The van der Waals surface area contributed by atoms with E-state index in [-0.39, 0.29) is 31.3 Å². The van der Waals surface area contributed by atoms with E-state index in [9.17, 15) is 18.0 Å². The van der Waals surface area contributed by atoms with Gasteiger partial charge in [-0.15, -0.1) is 0 Å². The summed E-state index contributed by atoms with van der Waals surface area (Å²) >= 11 is 9.29. The number of sulfonamides is 1. The number of halogens is 2. The SMILES string of the molecule is CNC(=O)[C@@H](C)N(Cc1ccc(Br)cc1)C(=O)CCCN(c1ccc(Cl)cc1)S(C)(=O)=O. The maximum atomic E-state index is 13.0.